The Morgan fingerprint density at radius 1 is 1.16 bits per heavy atom. The molecule has 2 aromatic rings. The number of halogens is 1. The third kappa shape index (κ3) is 3.58. The Kier molecular flexibility index (Phi) is 4.58. The third-order valence-corrected chi connectivity index (χ3v) is 3.19. The molecule has 0 fully saturated rings. The Bertz CT molecular complexity index is 576. The standard InChI is InChI=1S/C16H16ClNO/c1-3-19-14-9-7-13(8-10-14)11-18-16-6-4-5-15(17)12(16)2/h4-11H,3H2,1-2H3. The monoisotopic (exact) mass is 273 g/mol. The highest BCUT2D eigenvalue weighted by Crippen LogP contribution is 2.25. The van der Waals surface area contributed by atoms with Crippen molar-refractivity contribution in [1.82, 2.24) is 0 Å². The van der Waals surface area contributed by atoms with Gasteiger partial charge in [-0.15, -0.1) is 0 Å². The second-order valence-corrected chi connectivity index (χ2v) is 4.55. The number of rotatable bonds is 4. The summed E-state index contributed by atoms with van der Waals surface area (Å²) in [4.78, 5) is 4.46. The predicted molar refractivity (Wildman–Crippen MR) is 81.1 cm³/mol. The summed E-state index contributed by atoms with van der Waals surface area (Å²) in [5, 5.41) is 0.737. The summed E-state index contributed by atoms with van der Waals surface area (Å²) < 4.78 is 5.40. The average Bonchev–Trinajstić information content (AvgIpc) is 2.42. The lowest BCUT2D eigenvalue weighted by Crippen LogP contribution is -1.91. The average molecular weight is 274 g/mol. The summed E-state index contributed by atoms with van der Waals surface area (Å²) in [5.74, 6) is 0.874. The molecule has 0 saturated heterocycles. The Balaban J connectivity index is 2.16. The maximum absolute atomic E-state index is 6.06. The summed E-state index contributed by atoms with van der Waals surface area (Å²) in [7, 11) is 0. The maximum Gasteiger partial charge on any atom is 0.119 e. The summed E-state index contributed by atoms with van der Waals surface area (Å²) >= 11 is 6.06. The zero-order valence-corrected chi connectivity index (χ0v) is 11.8. The highest BCUT2D eigenvalue weighted by atomic mass is 35.5. The molecule has 0 aliphatic carbocycles. The first-order valence-corrected chi connectivity index (χ1v) is 6.60. The van der Waals surface area contributed by atoms with Crippen LogP contribution in [0.3, 0.4) is 0 Å². The zero-order valence-electron chi connectivity index (χ0n) is 11.1. The van der Waals surface area contributed by atoms with Crippen molar-refractivity contribution >= 4 is 23.5 Å². The quantitative estimate of drug-likeness (QED) is 0.734. The van der Waals surface area contributed by atoms with Crippen molar-refractivity contribution in [2.45, 2.75) is 13.8 Å². The van der Waals surface area contributed by atoms with Gasteiger partial charge in [-0.3, -0.25) is 4.99 Å². The van der Waals surface area contributed by atoms with E-state index in [9.17, 15) is 0 Å². The van der Waals surface area contributed by atoms with Gasteiger partial charge in [-0.1, -0.05) is 17.7 Å². The number of hydrogen-bond acceptors (Lipinski definition) is 2. The number of nitrogens with zero attached hydrogens (tertiary/aromatic N) is 1. The van der Waals surface area contributed by atoms with Crippen molar-refractivity contribution in [3.05, 3.63) is 58.6 Å². The molecule has 0 radical (unpaired) electrons. The third-order valence-electron chi connectivity index (χ3n) is 2.78. The van der Waals surface area contributed by atoms with Crippen LogP contribution in [-0.2, 0) is 0 Å². The fraction of sp³-hybridized carbons (Fsp3) is 0.188. The van der Waals surface area contributed by atoms with Crippen molar-refractivity contribution in [3.63, 3.8) is 0 Å². The first-order chi connectivity index (χ1) is 9.20. The van der Waals surface area contributed by atoms with Gasteiger partial charge in [0, 0.05) is 11.2 Å². The molecule has 0 bridgehead atoms. The summed E-state index contributed by atoms with van der Waals surface area (Å²) in [6.07, 6.45) is 1.83. The van der Waals surface area contributed by atoms with Crippen LogP contribution in [0.15, 0.2) is 47.5 Å². The highest BCUT2D eigenvalue weighted by molar-refractivity contribution is 6.31. The van der Waals surface area contributed by atoms with Gasteiger partial charge < -0.3 is 4.74 Å². The summed E-state index contributed by atoms with van der Waals surface area (Å²) in [6, 6.07) is 13.6. The fourth-order valence-corrected chi connectivity index (χ4v) is 1.87. The lowest BCUT2D eigenvalue weighted by Gasteiger charge is -2.03. The summed E-state index contributed by atoms with van der Waals surface area (Å²) in [5.41, 5.74) is 2.91. The predicted octanol–water partition coefficient (Wildman–Crippen LogP) is 4.80. The van der Waals surface area contributed by atoms with Crippen molar-refractivity contribution in [3.8, 4) is 5.75 Å². The molecule has 3 heteroatoms. The molecule has 0 aromatic heterocycles. The molecule has 19 heavy (non-hydrogen) atoms. The molecular formula is C16H16ClNO. The highest BCUT2D eigenvalue weighted by Gasteiger charge is 1.99. The van der Waals surface area contributed by atoms with Crippen LogP contribution in [0.4, 0.5) is 5.69 Å². The van der Waals surface area contributed by atoms with Gasteiger partial charge in [0.25, 0.3) is 0 Å². The van der Waals surface area contributed by atoms with Crippen molar-refractivity contribution in [2.24, 2.45) is 4.99 Å². The Labute approximate surface area is 118 Å². The SMILES string of the molecule is CCOc1ccc(C=Nc2cccc(Cl)c2C)cc1. The van der Waals surface area contributed by atoms with E-state index in [4.69, 9.17) is 16.3 Å². The van der Waals surface area contributed by atoms with Crippen LogP contribution in [0.5, 0.6) is 5.75 Å². The molecule has 0 saturated carbocycles. The van der Waals surface area contributed by atoms with E-state index in [-0.39, 0.29) is 0 Å². The van der Waals surface area contributed by atoms with Gasteiger partial charge in [0.15, 0.2) is 0 Å². The van der Waals surface area contributed by atoms with Crippen molar-refractivity contribution < 1.29 is 4.74 Å². The largest absolute Gasteiger partial charge is 0.494 e. The molecule has 0 aliphatic heterocycles. The van der Waals surface area contributed by atoms with Gasteiger partial charge in [-0.05, 0) is 61.4 Å². The number of aliphatic imine (C=N–C) groups is 1. The molecule has 2 rings (SSSR count). The van der Waals surface area contributed by atoms with Crippen LogP contribution in [0.2, 0.25) is 5.02 Å². The molecule has 0 aliphatic rings. The van der Waals surface area contributed by atoms with E-state index in [1.807, 2.05) is 62.5 Å². The van der Waals surface area contributed by atoms with Crippen LogP contribution in [0.25, 0.3) is 0 Å². The number of ether oxygens (including phenoxy) is 1. The molecule has 2 nitrogen and oxygen atoms in total. The van der Waals surface area contributed by atoms with E-state index in [2.05, 4.69) is 4.99 Å². The van der Waals surface area contributed by atoms with E-state index in [1.54, 1.807) is 0 Å². The van der Waals surface area contributed by atoms with Crippen molar-refractivity contribution in [2.75, 3.05) is 6.61 Å². The van der Waals surface area contributed by atoms with Crippen molar-refractivity contribution in [1.29, 1.82) is 0 Å². The van der Waals surface area contributed by atoms with Gasteiger partial charge in [-0.25, -0.2) is 0 Å². The Hall–Kier alpha value is -1.80. The zero-order chi connectivity index (χ0) is 13.7. The maximum atomic E-state index is 6.06. The lowest BCUT2D eigenvalue weighted by molar-refractivity contribution is 0.340. The second-order valence-electron chi connectivity index (χ2n) is 4.14. The van der Waals surface area contributed by atoms with Gasteiger partial charge in [0.05, 0.1) is 12.3 Å². The van der Waals surface area contributed by atoms with E-state index in [1.165, 1.54) is 0 Å². The van der Waals surface area contributed by atoms with E-state index in [0.29, 0.717) is 6.61 Å². The minimum atomic E-state index is 0.676. The van der Waals surface area contributed by atoms with E-state index in [0.717, 1.165) is 27.6 Å². The lowest BCUT2D eigenvalue weighted by atomic mass is 10.2. The molecule has 98 valence electrons. The van der Waals surface area contributed by atoms with Crippen LogP contribution in [-0.4, -0.2) is 12.8 Å². The molecule has 0 N–H and O–H groups in total. The van der Waals surface area contributed by atoms with E-state index < -0.39 is 0 Å². The molecule has 0 unspecified atom stereocenters. The van der Waals surface area contributed by atoms with Gasteiger partial charge in [0.2, 0.25) is 0 Å². The smallest absolute Gasteiger partial charge is 0.119 e. The molecule has 0 amide bonds. The molecule has 0 atom stereocenters. The fourth-order valence-electron chi connectivity index (χ4n) is 1.70. The van der Waals surface area contributed by atoms with Crippen LogP contribution >= 0.6 is 11.6 Å². The van der Waals surface area contributed by atoms with Crippen LogP contribution in [0.1, 0.15) is 18.1 Å². The topological polar surface area (TPSA) is 21.6 Å². The first-order valence-electron chi connectivity index (χ1n) is 6.22. The van der Waals surface area contributed by atoms with Crippen LogP contribution in [0, 0.1) is 6.92 Å². The molecule has 0 spiro atoms. The van der Waals surface area contributed by atoms with Gasteiger partial charge in [-0.2, -0.15) is 0 Å². The molecule has 0 heterocycles. The number of hydrogen-bond donors (Lipinski definition) is 0. The minimum absolute atomic E-state index is 0.676. The summed E-state index contributed by atoms with van der Waals surface area (Å²) in [6.45, 7) is 4.61. The Morgan fingerprint density at radius 2 is 1.89 bits per heavy atom. The molecular weight excluding hydrogens is 258 g/mol. The van der Waals surface area contributed by atoms with Crippen LogP contribution < -0.4 is 4.74 Å². The van der Waals surface area contributed by atoms with Gasteiger partial charge >= 0.3 is 0 Å². The number of benzene rings is 2. The minimum Gasteiger partial charge on any atom is -0.494 e. The first kappa shape index (κ1) is 13.6. The van der Waals surface area contributed by atoms with E-state index >= 15 is 0 Å². The van der Waals surface area contributed by atoms with Gasteiger partial charge in [0.1, 0.15) is 5.75 Å². The molecule has 2 aromatic carbocycles. The second kappa shape index (κ2) is 6.39. The Morgan fingerprint density at radius 3 is 2.58 bits per heavy atom. The normalized spacial score (nSPS) is 10.9.